The van der Waals surface area contributed by atoms with Crippen molar-refractivity contribution < 1.29 is 34.7 Å². The van der Waals surface area contributed by atoms with Crippen LogP contribution in [0.2, 0.25) is 0 Å². The monoisotopic (exact) mass is 479 g/mol. The van der Waals surface area contributed by atoms with Crippen LogP contribution in [-0.2, 0) is 14.3 Å². The summed E-state index contributed by atoms with van der Waals surface area (Å²) in [6, 6.07) is 0. The van der Waals surface area contributed by atoms with Gasteiger partial charge in [-0.15, -0.1) is 0 Å². The molecule has 3 saturated carbocycles. The molecule has 1 heterocycles. The molecule has 2 unspecified atom stereocenters. The molecule has 0 aromatic rings. The zero-order chi connectivity index (χ0) is 24.6. The van der Waals surface area contributed by atoms with Crippen molar-refractivity contribution in [3.8, 4) is 0 Å². The van der Waals surface area contributed by atoms with Gasteiger partial charge in [-0.05, 0) is 81.0 Å². The molecule has 8 heteroatoms. The lowest BCUT2D eigenvalue weighted by Crippen LogP contribution is -2.65. The van der Waals surface area contributed by atoms with E-state index in [-0.39, 0.29) is 22.9 Å². The number of allylic oxidation sites excluding steroid dienone is 1. The number of aliphatic carboxylic acids is 1. The van der Waals surface area contributed by atoms with Crippen molar-refractivity contribution in [3.05, 3.63) is 11.6 Å². The molecule has 5 aliphatic rings. The Hall–Kier alpha value is -1.03. The maximum Gasteiger partial charge on any atom is 0.307 e. The van der Waals surface area contributed by atoms with Crippen LogP contribution in [-0.4, -0.2) is 68.7 Å². The Balaban J connectivity index is 1.34. The fraction of sp³-hybridized carbons (Fsp3) is 0.885. The molecule has 0 spiro atoms. The number of rotatable bonds is 3. The summed E-state index contributed by atoms with van der Waals surface area (Å²) in [5.41, 5.74) is 7.75. The normalized spacial score (nSPS) is 55.0. The number of hydrogen-bond acceptors (Lipinski definition) is 7. The number of carbonyl (C=O) groups is 1. The summed E-state index contributed by atoms with van der Waals surface area (Å²) in [6.07, 6.45) is 3.49. The second kappa shape index (κ2) is 8.25. The van der Waals surface area contributed by atoms with Crippen molar-refractivity contribution in [1.82, 2.24) is 0 Å². The molecule has 0 amide bonds. The van der Waals surface area contributed by atoms with Crippen LogP contribution < -0.4 is 5.73 Å². The molecule has 0 radical (unpaired) electrons. The summed E-state index contributed by atoms with van der Waals surface area (Å²) in [7, 11) is 0. The Morgan fingerprint density at radius 3 is 2.47 bits per heavy atom. The van der Waals surface area contributed by atoms with Crippen LogP contribution in [0.3, 0.4) is 0 Å². The van der Waals surface area contributed by atoms with Gasteiger partial charge in [0, 0.05) is 5.54 Å². The lowest BCUT2D eigenvalue weighted by Gasteiger charge is -2.62. The molecule has 12 atom stereocenters. The third-order valence-corrected chi connectivity index (χ3v) is 10.8. The molecule has 0 aromatic carbocycles. The molecule has 4 fully saturated rings. The average molecular weight is 480 g/mol. The summed E-state index contributed by atoms with van der Waals surface area (Å²) < 4.78 is 11.8. The number of aliphatic hydroxyl groups is 3. The number of aliphatic hydroxyl groups excluding tert-OH is 3. The third-order valence-electron chi connectivity index (χ3n) is 10.8. The van der Waals surface area contributed by atoms with Gasteiger partial charge in [-0.2, -0.15) is 0 Å². The lowest BCUT2D eigenvalue weighted by atomic mass is 9.44. The highest BCUT2D eigenvalue weighted by atomic mass is 16.7. The number of ether oxygens (including phenoxy) is 2. The van der Waals surface area contributed by atoms with Crippen molar-refractivity contribution >= 4 is 5.97 Å². The number of carboxylic acids is 1. The Kier molecular flexibility index (Phi) is 5.98. The fourth-order valence-corrected chi connectivity index (χ4v) is 8.57. The van der Waals surface area contributed by atoms with Gasteiger partial charge in [0.2, 0.25) is 0 Å². The number of hydrogen-bond donors (Lipinski definition) is 5. The maximum absolute atomic E-state index is 12.0. The van der Waals surface area contributed by atoms with Crippen LogP contribution in [0.25, 0.3) is 0 Å². The van der Waals surface area contributed by atoms with E-state index < -0.39 is 42.2 Å². The summed E-state index contributed by atoms with van der Waals surface area (Å²) in [4.78, 5) is 12.0. The van der Waals surface area contributed by atoms with Crippen LogP contribution in [0, 0.1) is 28.6 Å². The van der Waals surface area contributed by atoms with Crippen molar-refractivity contribution in [2.24, 2.45) is 34.3 Å². The van der Waals surface area contributed by atoms with Gasteiger partial charge in [0.1, 0.15) is 18.3 Å². The van der Waals surface area contributed by atoms with Gasteiger partial charge in [-0.1, -0.05) is 25.5 Å². The van der Waals surface area contributed by atoms with E-state index in [2.05, 4.69) is 19.9 Å². The first-order valence-corrected chi connectivity index (χ1v) is 13.0. The summed E-state index contributed by atoms with van der Waals surface area (Å²) in [5.74, 6) is -0.318. The fourth-order valence-electron chi connectivity index (χ4n) is 8.57. The third kappa shape index (κ3) is 3.36. The Morgan fingerprint density at radius 2 is 1.76 bits per heavy atom. The molecule has 6 N–H and O–H groups in total. The van der Waals surface area contributed by atoms with E-state index in [0.29, 0.717) is 18.3 Å². The standard InChI is InChI=1S/C26H41NO7/c1-13-19(28)20(29)21(30)23(33-13)34-15-6-9-24(2)14(12-15)4-5-17-16(24)7-10-25(3)18(22(31)32)8-11-26(17,25)27/h12-13,15-21,23,28-30H,4-11,27H2,1-3H3,(H,31,32)/t13-,15?,16-,17-,18?,19-,20+,21+,23+,24+,25-,26-/m1/s1. The topological polar surface area (TPSA) is 142 Å². The smallest absolute Gasteiger partial charge is 0.307 e. The molecule has 192 valence electrons. The second-order valence-corrected chi connectivity index (χ2v) is 12.2. The number of carboxylic acid groups (broad SMARTS) is 1. The van der Waals surface area contributed by atoms with Gasteiger partial charge in [0.05, 0.1) is 18.1 Å². The molecule has 4 aliphatic carbocycles. The van der Waals surface area contributed by atoms with Crippen molar-refractivity contribution in [2.75, 3.05) is 0 Å². The van der Waals surface area contributed by atoms with Crippen molar-refractivity contribution in [3.63, 3.8) is 0 Å². The minimum absolute atomic E-state index is 0.00677. The molecule has 5 rings (SSSR count). The molecule has 1 saturated heterocycles. The highest BCUT2D eigenvalue weighted by Gasteiger charge is 2.66. The van der Waals surface area contributed by atoms with Crippen molar-refractivity contribution in [1.29, 1.82) is 0 Å². The second-order valence-electron chi connectivity index (χ2n) is 12.2. The highest BCUT2D eigenvalue weighted by molar-refractivity contribution is 5.72. The van der Waals surface area contributed by atoms with Crippen LogP contribution >= 0.6 is 0 Å². The van der Waals surface area contributed by atoms with E-state index in [4.69, 9.17) is 15.2 Å². The van der Waals surface area contributed by atoms with Crippen LogP contribution in [0.4, 0.5) is 0 Å². The Morgan fingerprint density at radius 1 is 1.03 bits per heavy atom. The minimum atomic E-state index is -1.30. The summed E-state index contributed by atoms with van der Waals surface area (Å²) in [6.45, 7) is 6.12. The maximum atomic E-state index is 12.0. The van der Waals surface area contributed by atoms with Crippen LogP contribution in [0.15, 0.2) is 11.6 Å². The Labute approximate surface area is 201 Å². The molecule has 34 heavy (non-hydrogen) atoms. The number of nitrogens with two attached hydrogens (primary N) is 1. The largest absolute Gasteiger partial charge is 0.481 e. The first-order chi connectivity index (χ1) is 15.9. The van der Waals surface area contributed by atoms with E-state index in [0.717, 1.165) is 44.9 Å². The van der Waals surface area contributed by atoms with Crippen molar-refractivity contribution in [2.45, 2.75) is 114 Å². The zero-order valence-electron chi connectivity index (χ0n) is 20.5. The van der Waals surface area contributed by atoms with Gasteiger partial charge in [0.25, 0.3) is 0 Å². The lowest BCUT2D eigenvalue weighted by molar-refractivity contribution is -0.301. The van der Waals surface area contributed by atoms with E-state index in [1.54, 1.807) is 6.92 Å². The van der Waals surface area contributed by atoms with Gasteiger partial charge >= 0.3 is 5.97 Å². The summed E-state index contributed by atoms with van der Waals surface area (Å²) in [5, 5.41) is 40.3. The number of fused-ring (bicyclic) bond motifs is 5. The van der Waals surface area contributed by atoms with E-state index >= 15 is 0 Å². The van der Waals surface area contributed by atoms with Crippen LogP contribution in [0.5, 0.6) is 0 Å². The predicted octanol–water partition coefficient (Wildman–Crippen LogP) is 1.94. The van der Waals surface area contributed by atoms with E-state index in [9.17, 15) is 25.2 Å². The molecular formula is C26H41NO7. The first-order valence-electron chi connectivity index (χ1n) is 13.0. The predicted molar refractivity (Wildman–Crippen MR) is 123 cm³/mol. The van der Waals surface area contributed by atoms with Gasteiger partial charge in [0.15, 0.2) is 6.29 Å². The molecule has 0 bridgehead atoms. The summed E-state index contributed by atoms with van der Waals surface area (Å²) >= 11 is 0. The SMILES string of the molecule is C[C@H]1O[C@@H](OC2C=C3CC[C@@H]4[C@@H](CC[C@]5(C)C(C(=O)O)CC[C@@]45N)[C@@]3(C)CC2)[C@@H](O)[C@@H](O)[C@@H]1O. The molecule has 8 nitrogen and oxygen atoms in total. The van der Waals surface area contributed by atoms with Gasteiger partial charge in [-0.25, -0.2) is 0 Å². The minimum Gasteiger partial charge on any atom is -0.481 e. The average Bonchev–Trinajstić information content (AvgIpc) is 3.07. The van der Waals surface area contributed by atoms with E-state index in [1.807, 2.05) is 0 Å². The zero-order valence-corrected chi connectivity index (χ0v) is 20.5. The van der Waals surface area contributed by atoms with Crippen LogP contribution in [0.1, 0.15) is 72.1 Å². The van der Waals surface area contributed by atoms with E-state index in [1.165, 1.54) is 5.57 Å². The Bertz CT molecular complexity index is 864. The van der Waals surface area contributed by atoms with Gasteiger partial charge < -0.3 is 35.6 Å². The van der Waals surface area contributed by atoms with Gasteiger partial charge in [-0.3, -0.25) is 4.79 Å². The molecule has 1 aliphatic heterocycles. The first kappa shape index (κ1) is 24.7. The quantitative estimate of drug-likeness (QED) is 0.387. The molecule has 0 aromatic heterocycles. The highest BCUT2D eigenvalue weighted by Crippen LogP contribution is 2.67. The molecular weight excluding hydrogens is 438 g/mol.